The third-order valence-corrected chi connectivity index (χ3v) is 4.40. The van der Waals surface area contributed by atoms with Crippen LogP contribution in [0, 0.1) is 5.92 Å². The summed E-state index contributed by atoms with van der Waals surface area (Å²) in [6, 6.07) is 4.97. The summed E-state index contributed by atoms with van der Waals surface area (Å²) in [6.45, 7) is 1.19. The Hall–Kier alpha value is -1.21. The van der Waals surface area contributed by atoms with Crippen molar-refractivity contribution in [3.8, 4) is 0 Å². The first kappa shape index (κ1) is 16.2. The van der Waals surface area contributed by atoms with Crippen LogP contribution in [0.25, 0.3) is 0 Å². The Labute approximate surface area is 125 Å². The maximum Gasteiger partial charge on any atom is 0.416 e. The second kappa shape index (κ2) is 6.70. The van der Waals surface area contributed by atoms with Gasteiger partial charge in [-0.1, -0.05) is 6.07 Å². The molecule has 1 aromatic carbocycles. The smallest absolute Gasteiger partial charge is 0.396 e. The monoisotopic (exact) mass is 319 g/mol. The minimum Gasteiger partial charge on any atom is -0.396 e. The highest BCUT2D eigenvalue weighted by Gasteiger charge is 2.30. The van der Waals surface area contributed by atoms with E-state index < -0.39 is 11.7 Å². The summed E-state index contributed by atoms with van der Waals surface area (Å²) in [5.41, 5.74) is -0.707. The topological polar surface area (TPSA) is 40.5 Å². The van der Waals surface area contributed by atoms with Gasteiger partial charge in [0, 0.05) is 30.5 Å². The molecule has 1 aromatic rings. The first-order valence-corrected chi connectivity index (χ1v) is 7.57. The van der Waals surface area contributed by atoms with Gasteiger partial charge in [0.2, 0.25) is 5.91 Å². The second-order valence-electron chi connectivity index (χ2n) is 4.99. The quantitative estimate of drug-likeness (QED) is 0.868. The normalized spacial score (nSPS) is 19.0. The van der Waals surface area contributed by atoms with Crippen molar-refractivity contribution in [3.63, 3.8) is 0 Å². The van der Waals surface area contributed by atoms with E-state index in [9.17, 15) is 18.0 Å². The van der Waals surface area contributed by atoms with Gasteiger partial charge in [0.25, 0.3) is 0 Å². The van der Waals surface area contributed by atoms with E-state index in [4.69, 9.17) is 5.11 Å². The van der Waals surface area contributed by atoms with Crippen molar-refractivity contribution in [1.82, 2.24) is 4.90 Å². The summed E-state index contributed by atoms with van der Waals surface area (Å²) in [4.78, 5) is 14.0. The van der Waals surface area contributed by atoms with E-state index in [1.54, 1.807) is 11.0 Å². The molecule has 116 valence electrons. The average Bonchev–Trinajstić information content (AvgIpc) is 2.93. The molecule has 0 aromatic heterocycles. The van der Waals surface area contributed by atoms with Gasteiger partial charge in [-0.25, -0.2) is 0 Å². The van der Waals surface area contributed by atoms with Crippen molar-refractivity contribution in [2.75, 3.05) is 25.4 Å². The zero-order valence-corrected chi connectivity index (χ0v) is 12.1. The second-order valence-corrected chi connectivity index (χ2v) is 6.04. The number of alkyl halides is 3. The number of hydrogen-bond acceptors (Lipinski definition) is 3. The summed E-state index contributed by atoms with van der Waals surface area (Å²) < 4.78 is 37.8. The standard InChI is InChI=1S/C14H16F3NO2S/c15-14(16,17)11-2-1-3-12(6-11)21-9-13(20)18-5-4-10(7-18)8-19/h1-3,6,10,19H,4-5,7-9H2. The van der Waals surface area contributed by atoms with E-state index in [-0.39, 0.29) is 24.2 Å². The summed E-state index contributed by atoms with van der Waals surface area (Å²) >= 11 is 1.10. The van der Waals surface area contributed by atoms with Gasteiger partial charge < -0.3 is 10.0 Å². The molecule has 1 aliphatic rings. The van der Waals surface area contributed by atoms with Crippen LogP contribution in [0.3, 0.4) is 0 Å². The van der Waals surface area contributed by atoms with E-state index in [0.29, 0.717) is 18.0 Å². The summed E-state index contributed by atoms with van der Waals surface area (Å²) in [5, 5.41) is 9.03. The van der Waals surface area contributed by atoms with Gasteiger partial charge >= 0.3 is 6.18 Å². The van der Waals surface area contributed by atoms with Crippen LogP contribution in [0.2, 0.25) is 0 Å². The number of likely N-dealkylation sites (tertiary alicyclic amines) is 1. The molecule has 1 unspecified atom stereocenters. The number of hydrogen-bond donors (Lipinski definition) is 1. The molecule has 1 aliphatic heterocycles. The Bertz CT molecular complexity index is 507. The van der Waals surface area contributed by atoms with E-state index in [2.05, 4.69) is 0 Å². The molecule has 7 heteroatoms. The number of carbonyl (C=O) groups excluding carboxylic acids is 1. The molecular formula is C14H16F3NO2S. The van der Waals surface area contributed by atoms with Crippen molar-refractivity contribution in [3.05, 3.63) is 29.8 Å². The van der Waals surface area contributed by atoms with Gasteiger partial charge in [0.1, 0.15) is 0 Å². The van der Waals surface area contributed by atoms with Gasteiger partial charge in [-0.3, -0.25) is 4.79 Å². The van der Waals surface area contributed by atoms with Crippen LogP contribution in [0.4, 0.5) is 13.2 Å². The largest absolute Gasteiger partial charge is 0.416 e. The fourth-order valence-corrected chi connectivity index (χ4v) is 3.06. The third-order valence-electron chi connectivity index (χ3n) is 3.42. The summed E-state index contributed by atoms with van der Waals surface area (Å²) in [7, 11) is 0. The SMILES string of the molecule is O=C(CSc1cccc(C(F)(F)F)c1)N1CCC(CO)C1. The predicted molar refractivity (Wildman–Crippen MR) is 73.9 cm³/mol. The Morgan fingerprint density at radius 3 is 2.81 bits per heavy atom. The molecule has 1 N–H and O–H groups in total. The van der Waals surface area contributed by atoms with E-state index in [1.807, 2.05) is 0 Å². The Morgan fingerprint density at radius 2 is 2.19 bits per heavy atom. The fraction of sp³-hybridized carbons (Fsp3) is 0.500. The zero-order valence-electron chi connectivity index (χ0n) is 11.3. The highest BCUT2D eigenvalue weighted by Crippen LogP contribution is 2.32. The van der Waals surface area contributed by atoms with Crippen molar-refractivity contribution >= 4 is 17.7 Å². The first-order chi connectivity index (χ1) is 9.90. The van der Waals surface area contributed by atoms with Gasteiger partial charge in [-0.15, -0.1) is 11.8 Å². The molecule has 0 aliphatic carbocycles. The molecule has 3 nitrogen and oxygen atoms in total. The maximum absolute atomic E-state index is 12.6. The van der Waals surface area contributed by atoms with Crippen LogP contribution < -0.4 is 0 Å². The molecule has 0 spiro atoms. The summed E-state index contributed by atoms with van der Waals surface area (Å²) in [6.07, 6.45) is -3.60. The maximum atomic E-state index is 12.6. The van der Waals surface area contributed by atoms with Gasteiger partial charge in [-0.2, -0.15) is 13.2 Å². The van der Waals surface area contributed by atoms with Crippen molar-refractivity contribution in [2.45, 2.75) is 17.5 Å². The molecule has 21 heavy (non-hydrogen) atoms. The number of nitrogens with zero attached hydrogens (tertiary/aromatic N) is 1. The lowest BCUT2D eigenvalue weighted by molar-refractivity contribution is -0.137. The number of halogens is 3. The molecule has 0 saturated carbocycles. The van der Waals surface area contributed by atoms with E-state index in [0.717, 1.165) is 30.3 Å². The van der Waals surface area contributed by atoms with Crippen molar-refractivity contribution in [2.24, 2.45) is 5.92 Å². The molecule has 1 saturated heterocycles. The molecule has 1 heterocycles. The Morgan fingerprint density at radius 1 is 1.43 bits per heavy atom. The molecule has 1 atom stereocenters. The predicted octanol–water partition coefficient (Wildman–Crippen LogP) is 2.64. The lowest BCUT2D eigenvalue weighted by atomic mass is 10.1. The number of carbonyl (C=O) groups is 1. The number of benzene rings is 1. The average molecular weight is 319 g/mol. The third kappa shape index (κ3) is 4.38. The highest BCUT2D eigenvalue weighted by atomic mass is 32.2. The van der Waals surface area contributed by atoms with Crippen LogP contribution in [-0.2, 0) is 11.0 Å². The van der Waals surface area contributed by atoms with E-state index in [1.165, 1.54) is 6.07 Å². The molecule has 0 bridgehead atoms. The van der Waals surface area contributed by atoms with E-state index >= 15 is 0 Å². The van der Waals surface area contributed by atoms with Crippen molar-refractivity contribution in [1.29, 1.82) is 0 Å². The minimum absolute atomic E-state index is 0.0601. The van der Waals surface area contributed by atoms with Crippen LogP contribution in [-0.4, -0.2) is 41.4 Å². The number of aliphatic hydroxyl groups excluding tert-OH is 1. The number of thioether (sulfide) groups is 1. The molecule has 2 rings (SSSR count). The molecular weight excluding hydrogens is 303 g/mol. The fourth-order valence-electron chi connectivity index (χ4n) is 2.21. The number of aliphatic hydroxyl groups is 1. The number of amides is 1. The lowest BCUT2D eigenvalue weighted by Gasteiger charge is -2.16. The zero-order chi connectivity index (χ0) is 15.5. The molecule has 1 amide bonds. The van der Waals surface area contributed by atoms with Crippen LogP contribution >= 0.6 is 11.8 Å². The lowest BCUT2D eigenvalue weighted by Crippen LogP contribution is -2.30. The summed E-state index contributed by atoms with van der Waals surface area (Å²) in [5.74, 6) is 0.125. The first-order valence-electron chi connectivity index (χ1n) is 6.59. The van der Waals surface area contributed by atoms with Crippen LogP contribution in [0.15, 0.2) is 29.2 Å². The molecule has 0 radical (unpaired) electrons. The molecule has 1 fully saturated rings. The van der Waals surface area contributed by atoms with Gasteiger partial charge in [-0.05, 0) is 24.6 Å². The minimum atomic E-state index is -4.37. The highest BCUT2D eigenvalue weighted by molar-refractivity contribution is 8.00. The van der Waals surface area contributed by atoms with Crippen LogP contribution in [0.1, 0.15) is 12.0 Å². The van der Waals surface area contributed by atoms with Crippen LogP contribution in [0.5, 0.6) is 0 Å². The van der Waals surface area contributed by atoms with Gasteiger partial charge in [0.15, 0.2) is 0 Å². The Kier molecular flexibility index (Phi) is 5.16. The Balaban J connectivity index is 1.90. The van der Waals surface area contributed by atoms with Crippen molar-refractivity contribution < 1.29 is 23.1 Å². The number of rotatable bonds is 4. The van der Waals surface area contributed by atoms with Gasteiger partial charge in [0.05, 0.1) is 11.3 Å².